The zero-order valence-electron chi connectivity index (χ0n) is 17.9. The third-order valence-corrected chi connectivity index (χ3v) is 6.81. The molecule has 1 aromatic carbocycles. The van der Waals surface area contributed by atoms with Crippen LogP contribution in [-0.4, -0.2) is 51.7 Å². The second-order valence-corrected chi connectivity index (χ2v) is 8.53. The van der Waals surface area contributed by atoms with Crippen LogP contribution in [0.15, 0.2) is 46.2 Å². The Morgan fingerprint density at radius 1 is 1.16 bits per heavy atom. The number of nitro groups is 1. The second-order valence-electron chi connectivity index (χ2n) is 7.13. The first-order chi connectivity index (χ1) is 15.0. The Bertz CT molecular complexity index is 1170. The molecule has 0 spiro atoms. The van der Waals surface area contributed by atoms with Gasteiger partial charge in [0, 0.05) is 34.0 Å². The summed E-state index contributed by atoms with van der Waals surface area (Å²) < 4.78 is 9.83. The number of phenols is 1. The molecule has 3 rings (SSSR count). The Balaban J connectivity index is 2.23. The summed E-state index contributed by atoms with van der Waals surface area (Å²) in [7, 11) is 2.32. The molecule has 2 heterocycles. The van der Waals surface area contributed by atoms with Crippen molar-refractivity contribution in [3.8, 4) is 5.75 Å². The number of ether oxygens (including phenoxy) is 2. The molecule has 0 fully saturated rings. The number of allylic oxidation sites excluding steroid dienone is 4. The van der Waals surface area contributed by atoms with Gasteiger partial charge in [0.1, 0.15) is 5.75 Å². The highest BCUT2D eigenvalue weighted by molar-refractivity contribution is 8.05. The number of carbonyl (C=O) groups excluding carboxylic acids is 3. The summed E-state index contributed by atoms with van der Waals surface area (Å²) in [4.78, 5) is 50.0. The number of benzene rings is 1. The molecule has 1 atom stereocenters. The van der Waals surface area contributed by atoms with Crippen LogP contribution in [-0.2, 0) is 19.1 Å². The Kier molecular flexibility index (Phi) is 5.88. The number of fused-ring (bicyclic) bond motifs is 1. The van der Waals surface area contributed by atoms with Crippen molar-refractivity contribution in [3.05, 3.63) is 67.4 Å². The van der Waals surface area contributed by atoms with E-state index in [0.29, 0.717) is 10.6 Å². The molecular formula is C21H20N2O8S. The third-order valence-electron chi connectivity index (χ3n) is 5.33. The van der Waals surface area contributed by atoms with Crippen LogP contribution in [0.5, 0.6) is 5.75 Å². The largest absolute Gasteiger partial charge is 0.507 e. The number of esters is 2. The van der Waals surface area contributed by atoms with Crippen LogP contribution < -0.4 is 0 Å². The summed E-state index contributed by atoms with van der Waals surface area (Å²) >= 11 is 1.08. The van der Waals surface area contributed by atoms with Crippen molar-refractivity contribution < 1.29 is 33.9 Å². The zero-order chi connectivity index (χ0) is 24.0. The Morgan fingerprint density at radius 2 is 1.81 bits per heavy atom. The summed E-state index contributed by atoms with van der Waals surface area (Å²) in [6, 6.07) is 2.10. The van der Waals surface area contributed by atoms with Crippen molar-refractivity contribution in [3.63, 3.8) is 0 Å². The van der Waals surface area contributed by atoms with Crippen LogP contribution in [0, 0.1) is 17.0 Å². The number of aryl methyl sites for hydroxylation is 1. The molecule has 1 N–H and O–H groups in total. The zero-order valence-corrected chi connectivity index (χ0v) is 18.7. The Labute approximate surface area is 187 Å². The van der Waals surface area contributed by atoms with E-state index in [1.165, 1.54) is 31.2 Å². The molecule has 1 unspecified atom stereocenters. The molecule has 11 heteroatoms. The minimum absolute atomic E-state index is 0.0759. The SMILES string of the molecule is COC(=O)C1=CC(C(=O)c2cc([N+](=O)[O-])c(C)cc2O)=CN2C(C)=C(C)SC12C(=O)OC. The standard InChI is InChI=1S/C21H20N2O8S/c1-10-6-17(24)14(8-16(10)23(28)29)18(25)13-7-15(19(26)30-4)21(20(27)31-5)22(9-13)11(2)12(3)32-21/h6-9,24H,1-5H3. The summed E-state index contributed by atoms with van der Waals surface area (Å²) in [6.45, 7) is 4.90. The molecule has 0 bridgehead atoms. The summed E-state index contributed by atoms with van der Waals surface area (Å²) in [6.07, 6.45) is 2.54. The van der Waals surface area contributed by atoms with Gasteiger partial charge < -0.3 is 19.5 Å². The number of methoxy groups -OCH3 is 2. The predicted octanol–water partition coefficient (Wildman–Crippen LogP) is 2.96. The van der Waals surface area contributed by atoms with E-state index in [4.69, 9.17) is 9.47 Å². The molecule has 10 nitrogen and oxygen atoms in total. The lowest BCUT2D eigenvalue weighted by molar-refractivity contribution is -0.385. The van der Waals surface area contributed by atoms with Crippen LogP contribution in [0.2, 0.25) is 0 Å². The van der Waals surface area contributed by atoms with Crippen molar-refractivity contribution in [1.29, 1.82) is 0 Å². The lowest BCUT2D eigenvalue weighted by atomic mass is 9.92. The topological polar surface area (TPSA) is 136 Å². The number of nitro benzene ring substituents is 1. The lowest BCUT2D eigenvalue weighted by Crippen LogP contribution is -2.52. The highest BCUT2D eigenvalue weighted by Crippen LogP contribution is 2.53. The van der Waals surface area contributed by atoms with E-state index in [0.717, 1.165) is 31.0 Å². The van der Waals surface area contributed by atoms with Gasteiger partial charge in [-0.3, -0.25) is 14.9 Å². The van der Waals surface area contributed by atoms with E-state index >= 15 is 0 Å². The molecule has 0 saturated heterocycles. The smallest absolute Gasteiger partial charge is 0.348 e. The first-order valence-corrected chi connectivity index (χ1v) is 10.1. The number of carbonyl (C=O) groups is 3. The second kappa shape index (κ2) is 8.15. The highest BCUT2D eigenvalue weighted by atomic mass is 32.2. The highest BCUT2D eigenvalue weighted by Gasteiger charge is 2.58. The average Bonchev–Trinajstić information content (AvgIpc) is 3.02. The molecule has 0 amide bonds. The minimum Gasteiger partial charge on any atom is -0.507 e. The summed E-state index contributed by atoms with van der Waals surface area (Å²) in [5.74, 6) is -2.82. The number of hydrogen-bond donors (Lipinski definition) is 1. The van der Waals surface area contributed by atoms with Gasteiger partial charge in [-0.2, -0.15) is 0 Å². The van der Waals surface area contributed by atoms with Gasteiger partial charge in [-0.05, 0) is 32.9 Å². The van der Waals surface area contributed by atoms with Crippen LogP contribution in [0.1, 0.15) is 29.8 Å². The first-order valence-electron chi connectivity index (χ1n) is 9.28. The maximum atomic E-state index is 13.3. The first kappa shape index (κ1) is 23.1. The van der Waals surface area contributed by atoms with Crippen molar-refractivity contribution in [2.75, 3.05) is 14.2 Å². The molecule has 0 radical (unpaired) electrons. The number of phenolic OH excluding ortho intramolecular Hbond substituents is 1. The van der Waals surface area contributed by atoms with Gasteiger partial charge in [-0.25, -0.2) is 9.59 Å². The van der Waals surface area contributed by atoms with Gasteiger partial charge in [-0.15, -0.1) is 0 Å². The fraction of sp³-hybridized carbons (Fsp3) is 0.286. The number of aromatic hydroxyl groups is 1. The van der Waals surface area contributed by atoms with Gasteiger partial charge >= 0.3 is 11.9 Å². The maximum Gasteiger partial charge on any atom is 0.348 e. The Morgan fingerprint density at radius 3 is 2.38 bits per heavy atom. The fourth-order valence-electron chi connectivity index (χ4n) is 3.59. The lowest BCUT2D eigenvalue weighted by Gasteiger charge is -2.38. The summed E-state index contributed by atoms with van der Waals surface area (Å²) in [5, 5.41) is 21.6. The third kappa shape index (κ3) is 3.34. The molecule has 2 aliphatic heterocycles. The van der Waals surface area contributed by atoms with Crippen LogP contribution in [0.3, 0.4) is 0 Å². The van der Waals surface area contributed by atoms with E-state index < -0.39 is 33.3 Å². The molecule has 0 aromatic heterocycles. The number of rotatable bonds is 5. The van der Waals surface area contributed by atoms with E-state index in [1.54, 1.807) is 13.8 Å². The normalized spacial score (nSPS) is 19.7. The van der Waals surface area contributed by atoms with Crippen LogP contribution >= 0.6 is 11.8 Å². The van der Waals surface area contributed by atoms with Crippen LogP contribution in [0.25, 0.3) is 0 Å². The Hall–Kier alpha value is -3.60. The van der Waals surface area contributed by atoms with E-state index in [1.807, 2.05) is 0 Å². The van der Waals surface area contributed by atoms with E-state index in [2.05, 4.69) is 0 Å². The number of ketones is 1. The summed E-state index contributed by atoms with van der Waals surface area (Å²) in [5.41, 5.74) is -0.105. The monoisotopic (exact) mass is 460 g/mol. The molecule has 2 aliphatic rings. The fourth-order valence-corrected chi connectivity index (χ4v) is 4.98. The van der Waals surface area contributed by atoms with Crippen LogP contribution in [0.4, 0.5) is 5.69 Å². The molecule has 1 aromatic rings. The molecule has 32 heavy (non-hydrogen) atoms. The van der Waals surface area contributed by atoms with Crippen molar-refractivity contribution in [2.24, 2.45) is 0 Å². The molecular weight excluding hydrogens is 440 g/mol. The number of nitrogens with zero attached hydrogens (tertiary/aromatic N) is 2. The minimum atomic E-state index is -1.62. The van der Waals surface area contributed by atoms with Crippen molar-refractivity contribution >= 4 is 35.2 Å². The van der Waals surface area contributed by atoms with Gasteiger partial charge in [0.2, 0.25) is 4.87 Å². The molecule has 0 aliphatic carbocycles. The average molecular weight is 460 g/mol. The van der Waals surface area contributed by atoms with Crippen molar-refractivity contribution in [1.82, 2.24) is 4.90 Å². The number of hydrogen-bond acceptors (Lipinski definition) is 10. The van der Waals surface area contributed by atoms with E-state index in [-0.39, 0.29) is 28.0 Å². The van der Waals surface area contributed by atoms with Gasteiger partial charge in [0.15, 0.2) is 5.78 Å². The maximum absolute atomic E-state index is 13.3. The number of Topliss-reactive ketones (excluding diaryl/α,β-unsaturated/α-hetero) is 1. The van der Waals surface area contributed by atoms with E-state index in [9.17, 15) is 29.6 Å². The van der Waals surface area contributed by atoms with Crippen molar-refractivity contribution in [2.45, 2.75) is 25.6 Å². The van der Waals surface area contributed by atoms with Gasteiger partial charge in [0.25, 0.3) is 5.69 Å². The molecule has 168 valence electrons. The van der Waals surface area contributed by atoms with Gasteiger partial charge in [-0.1, -0.05) is 11.8 Å². The van der Waals surface area contributed by atoms with Gasteiger partial charge in [0.05, 0.1) is 30.3 Å². The molecule has 0 saturated carbocycles. The number of thioether (sulfide) groups is 1. The predicted molar refractivity (Wildman–Crippen MR) is 115 cm³/mol. The quantitative estimate of drug-likeness (QED) is 0.302.